The summed E-state index contributed by atoms with van der Waals surface area (Å²) in [6, 6.07) is 32.3. The van der Waals surface area contributed by atoms with Crippen LogP contribution in [0.3, 0.4) is 0 Å². The Labute approximate surface area is 218 Å². The number of rotatable bonds is 4. The molecule has 0 saturated carbocycles. The molecule has 3 nitrogen and oxygen atoms in total. The van der Waals surface area contributed by atoms with E-state index in [1.54, 1.807) is 0 Å². The number of aromatic nitrogens is 3. The smallest absolute Gasteiger partial charge is 0.165 e. The molecule has 0 aliphatic rings. The Morgan fingerprint density at radius 2 is 1.05 bits per heavy atom. The van der Waals surface area contributed by atoms with Gasteiger partial charge in [-0.05, 0) is 96.0 Å². The normalized spacial score (nSPS) is 11.2. The molecule has 0 unspecified atom stereocenters. The molecule has 0 atom stereocenters. The first-order valence-corrected chi connectivity index (χ1v) is 12.7. The summed E-state index contributed by atoms with van der Waals surface area (Å²) in [7, 11) is 0. The average molecular weight is 480 g/mol. The molecule has 4 aromatic carbocycles. The minimum atomic E-state index is 0.872. The van der Waals surface area contributed by atoms with Crippen LogP contribution in [0.25, 0.3) is 50.2 Å². The van der Waals surface area contributed by atoms with Crippen LogP contribution in [0.2, 0.25) is 0 Å². The Bertz CT molecular complexity index is 1750. The molecule has 0 radical (unpaired) electrons. The van der Waals surface area contributed by atoms with Crippen LogP contribution in [0.5, 0.6) is 0 Å². The number of hydrogen-bond acceptors (Lipinski definition) is 2. The zero-order valence-electron chi connectivity index (χ0n) is 21.7. The summed E-state index contributed by atoms with van der Waals surface area (Å²) in [6.07, 6.45) is 3.81. The Kier molecular flexibility index (Phi) is 5.69. The Hall–Kier alpha value is -4.50. The van der Waals surface area contributed by atoms with E-state index in [1.807, 2.05) is 12.5 Å². The number of nitrogens with zero attached hydrogens (tertiary/aromatic N) is 3. The number of fused-ring (bicyclic) bond motifs is 1. The highest BCUT2D eigenvalue weighted by Gasteiger charge is 2.16. The van der Waals surface area contributed by atoms with Gasteiger partial charge in [-0.15, -0.1) is 0 Å². The lowest BCUT2D eigenvalue weighted by atomic mass is 9.92. The predicted octanol–water partition coefficient (Wildman–Crippen LogP) is 8.66. The van der Waals surface area contributed by atoms with Gasteiger partial charge in [0.2, 0.25) is 0 Å². The summed E-state index contributed by atoms with van der Waals surface area (Å²) in [6.45, 7) is 8.69. The van der Waals surface area contributed by atoms with E-state index < -0.39 is 0 Å². The van der Waals surface area contributed by atoms with Gasteiger partial charge in [-0.2, -0.15) is 0 Å². The van der Waals surface area contributed by atoms with E-state index in [2.05, 4.69) is 123 Å². The van der Waals surface area contributed by atoms with Crippen LogP contribution in [0, 0.1) is 27.7 Å². The van der Waals surface area contributed by atoms with Gasteiger partial charge in [0.25, 0.3) is 0 Å². The van der Waals surface area contributed by atoms with Crippen molar-refractivity contribution in [2.45, 2.75) is 27.7 Å². The average Bonchev–Trinajstić information content (AvgIpc) is 3.36. The highest BCUT2D eigenvalue weighted by atomic mass is 15.1. The molecule has 6 rings (SSSR count). The molecule has 6 aromatic rings. The van der Waals surface area contributed by atoms with E-state index in [-0.39, 0.29) is 0 Å². The molecule has 37 heavy (non-hydrogen) atoms. The fourth-order valence-corrected chi connectivity index (χ4v) is 5.33. The van der Waals surface area contributed by atoms with Crippen molar-refractivity contribution in [3.8, 4) is 39.1 Å². The molecule has 0 aliphatic carbocycles. The summed E-state index contributed by atoms with van der Waals surface area (Å²) >= 11 is 0. The maximum atomic E-state index is 4.87. The first-order valence-electron chi connectivity index (χ1n) is 12.7. The SMILES string of the molecule is Cc1cc(-c2ccnc3c2ncn3-c2cc(C)c(-c3ccccc3)cc2C)c(C)cc1-c1ccccc1. The number of imidazole rings is 1. The van der Waals surface area contributed by atoms with Crippen molar-refractivity contribution in [2.24, 2.45) is 0 Å². The molecular weight excluding hydrogens is 450 g/mol. The number of benzene rings is 4. The van der Waals surface area contributed by atoms with Crippen molar-refractivity contribution in [3.05, 3.63) is 126 Å². The molecule has 2 heterocycles. The van der Waals surface area contributed by atoms with Gasteiger partial charge in [0.1, 0.15) is 11.8 Å². The molecular formula is C34H29N3. The lowest BCUT2D eigenvalue weighted by Gasteiger charge is -2.15. The Morgan fingerprint density at radius 1 is 0.514 bits per heavy atom. The first kappa shape index (κ1) is 22.9. The molecule has 0 saturated heterocycles. The van der Waals surface area contributed by atoms with Crippen LogP contribution < -0.4 is 0 Å². The summed E-state index contributed by atoms with van der Waals surface area (Å²) in [5, 5.41) is 0. The van der Waals surface area contributed by atoms with Crippen LogP contribution in [0.15, 0.2) is 104 Å². The molecule has 0 amide bonds. The second kappa shape index (κ2) is 9.18. The third-order valence-corrected chi connectivity index (χ3v) is 7.27. The molecule has 0 spiro atoms. The monoisotopic (exact) mass is 479 g/mol. The van der Waals surface area contributed by atoms with Crippen molar-refractivity contribution >= 4 is 11.2 Å². The molecule has 2 aromatic heterocycles. The summed E-state index contributed by atoms with van der Waals surface area (Å²) in [5.74, 6) is 0. The van der Waals surface area contributed by atoms with Crippen molar-refractivity contribution in [3.63, 3.8) is 0 Å². The van der Waals surface area contributed by atoms with Gasteiger partial charge in [0, 0.05) is 11.8 Å². The Balaban J connectivity index is 1.46. The number of pyridine rings is 1. The maximum absolute atomic E-state index is 4.87. The van der Waals surface area contributed by atoms with E-state index >= 15 is 0 Å². The van der Waals surface area contributed by atoms with Crippen molar-refractivity contribution in [1.29, 1.82) is 0 Å². The van der Waals surface area contributed by atoms with Crippen LogP contribution >= 0.6 is 0 Å². The topological polar surface area (TPSA) is 30.7 Å². The van der Waals surface area contributed by atoms with E-state index in [4.69, 9.17) is 9.97 Å². The number of hydrogen-bond donors (Lipinski definition) is 0. The fourth-order valence-electron chi connectivity index (χ4n) is 5.33. The van der Waals surface area contributed by atoms with Gasteiger partial charge in [-0.1, -0.05) is 72.8 Å². The zero-order chi connectivity index (χ0) is 25.5. The van der Waals surface area contributed by atoms with Gasteiger partial charge in [0.05, 0.1) is 5.69 Å². The standard InChI is InChI=1S/C34H29N3/c1-22-18-31(23(2)17-29(22)26-11-7-5-8-12-26)28-15-16-35-34-33(28)36-21-37(34)32-20-24(3)30(19-25(32)4)27-13-9-6-10-14-27/h5-21H,1-4H3. The quantitative estimate of drug-likeness (QED) is 0.253. The second-order valence-electron chi connectivity index (χ2n) is 9.81. The first-order chi connectivity index (χ1) is 18.0. The second-order valence-corrected chi connectivity index (χ2v) is 9.81. The van der Waals surface area contributed by atoms with Crippen LogP contribution in [-0.2, 0) is 0 Å². The Morgan fingerprint density at radius 3 is 1.70 bits per heavy atom. The highest BCUT2D eigenvalue weighted by Crippen LogP contribution is 2.36. The zero-order valence-corrected chi connectivity index (χ0v) is 21.7. The van der Waals surface area contributed by atoms with Crippen LogP contribution in [0.1, 0.15) is 22.3 Å². The van der Waals surface area contributed by atoms with Gasteiger partial charge < -0.3 is 0 Å². The van der Waals surface area contributed by atoms with Crippen molar-refractivity contribution in [2.75, 3.05) is 0 Å². The van der Waals surface area contributed by atoms with Gasteiger partial charge in [-0.25, -0.2) is 9.97 Å². The minimum absolute atomic E-state index is 0.872. The molecule has 0 N–H and O–H groups in total. The third-order valence-electron chi connectivity index (χ3n) is 7.27. The van der Waals surface area contributed by atoms with E-state index in [1.165, 1.54) is 50.1 Å². The lowest BCUT2D eigenvalue weighted by Crippen LogP contribution is -1.99. The minimum Gasteiger partial charge on any atom is -0.283 e. The summed E-state index contributed by atoms with van der Waals surface area (Å²) < 4.78 is 2.12. The molecule has 0 fully saturated rings. The maximum Gasteiger partial charge on any atom is 0.165 e. The van der Waals surface area contributed by atoms with E-state index in [0.717, 1.165) is 22.4 Å². The molecule has 3 heteroatoms. The van der Waals surface area contributed by atoms with Gasteiger partial charge >= 0.3 is 0 Å². The van der Waals surface area contributed by atoms with Crippen molar-refractivity contribution in [1.82, 2.24) is 14.5 Å². The lowest BCUT2D eigenvalue weighted by molar-refractivity contribution is 1.05. The molecule has 0 aliphatic heterocycles. The fraction of sp³-hybridized carbons (Fsp3) is 0.118. The highest BCUT2D eigenvalue weighted by molar-refractivity contribution is 5.92. The van der Waals surface area contributed by atoms with Crippen LogP contribution in [0.4, 0.5) is 0 Å². The summed E-state index contributed by atoms with van der Waals surface area (Å²) in [4.78, 5) is 9.65. The van der Waals surface area contributed by atoms with Gasteiger partial charge in [0.15, 0.2) is 5.65 Å². The largest absolute Gasteiger partial charge is 0.283 e. The molecule has 180 valence electrons. The summed E-state index contributed by atoms with van der Waals surface area (Å²) in [5.41, 5.74) is 15.1. The third kappa shape index (κ3) is 4.03. The van der Waals surface area contributed by atoms with Crippen molar-refractivity contribution < 1.29 is 0 Å². The van der Waals surface area contributed by atoms with Gasteiger partial charge in [-0.3, -0.25) is 4.57 Å². The molecule has 0 bridgehead atoms. The van der Waals surface area contributed by atoms with E-state index in [9.17, 15) is 0 Å². The van der Waals surface area contributed by atoms with Crippen LogP contribution in [-0.4, -0.2) is 14.5 Å². The number of aryl methyl sites for hydroxylation is 4. The van der Waals surface area contributed by atoms with E-state index in [0.29, 0.717) is 0 Å². The predicted molar refractivity (Wildman–Crippen MR) is 154 cm³/mol.